The summed E-state index contributed by atoms with van der Waals surface area (Å²) in [5, 5.41) is 0. The van der Waals surface area contributed by atoms with Gasteiger partial charge in [0.15, 0.2) is 0 Å². The first kappa shape index (κ1) is 14.8. The highest BCUT2D eigenvalue weighted by molar-refractivity contribution is 5.76. The Labute approximate surface area is 117 Å². The minimum absolute atomic E-state index is 0.322. The van der Waals surface area contributed by atoms with Crippen molar-refractivity contribution in [3.63, 3.8) is 0 Å². The van der Waals surface area contributed by atoms with E-state index < -0.39 is 0 Å². The van der Waals surface area contributed by atoms with E-state index in [0.29, 0.717) is 30.3 Å². The Morgan fingerprint density at radius 2 is 2.11 bits per heavy atom. The van der Waals surface area contributed by atoms with Gasteiger partial charge in [0, 0.05) is 38.1 Å². The van der Waals surface area contributed by atoms with E-state index in [2.05, 4.69) is 23.6 Å². The SMILES string of the molecule is CCN1CCN(C(=O)CC2CCCC(N)C2)CC1C. The molecule has 0 radical (unpaired) electrons. The van der Waals surface area contributed by atoms with Gasteiger partial charge in [0.05, 0.1) is 0 Å². The van der Waals surface area contributed by atoms with E-state index in [-0.39, 0.29) is 0 Å². The molecule has 110 valence electrons. The van der Waals surface area contributed by atoms with Gasteiger partial charge < -0.3 is 10.6 Å². The highest BCUT2D eigenvalue weighted by atomic mass is 16.2. The number of likely N-dealkylation sites (N-methyl/N-ethyl adjacent to an activating group) is 1. The number of nitrogens with zero attached hydrogens (tertiary/aromatic N) is 2. The predicted octanol–water partition coefficient (Wildman–Crippen LogP) is 1.45. The summed E-state index contributed by atoms with van der Waals surface area (Å²) in [6.45, 7) is 8.31. The van der Waals surface area contributed by atoms with Crippen LogP contribution in [0.4, 0.5) is 0 Å². The summed E-state index contributed by atoms with van der Waals surface area (Å²) in [5.41, 5.74) is 6.01. The zero-order chi connectivity index (χ0) is 13.8. The van der Waals surface area contributed by atoms with Crippen molar-refractivity contribution in [2.75, 3.05) is 26.2 Å². The fraction of sp³-hybridized carbons (Fsp3) is 0.933. The zero-order valence-electron chi connectivity index (χ0n) is 12.5. The van der Waals surface area contributed by atoms with Gasteiger partial charge in [-0.15, -0.1) is 0 Å². The summed E-state index contributed by atoms with van der Waals surface area (Å²) in [6, 6.07) is 0.818. The molecule has 2 aliphatic rings. The number of hydrogen-bond acceptors (Lipinski definition) is 3. The van der Waals surface area contributed by atoms with Crippen LogP contribution in [-0.2, 0) is 4.79 Å². The molecular weight excluding hydrogens is 238 g/mol. The number of amides is 1. The molecule has 0 aromatic heterocycles. The molecule has 2 fully saturated rings. The van der Waals surface area contributed by atoms with Crippen molar-refractivity contribution in [2.45, 2.75) is 58.0 Å². The quantitative estimate of drug-likeness (QED) is 0.842. The van der Waals surface area contributed by atoms with Crippen molar-refractivity contribution < 1.29 is 4.79 Å². The summed E-state index contributed by atoms with van der Waals surface area (Å²) in [7, 11) is 0. The Bertz CT molecular complexity index is 308. The largest absolute Gasteiger partial charge is 0.340 e. The molecule has 2 N–H and O–H groups in total. The number of hydrogen-bond donors (Lipinski definition) is 1. The number of piperazine rings is 1. The van der Waals surface area contributed by atoms with Gasteiger partial charge in [-0.1, -0.05) is 13.3 Å². The molecule has 1 aliphatic heterocycles. The fourth-order valence-electron chi connectivity index (χ4n) is 3.59. The third-order valence-corrected chi connectivity index (χ3v) is 4.81. The number of rotatable bonds is 3. The summed E-state index contributed by atoms with van der Waals surface area (Å²) in [5.74, 6) is 0.873. The minimum Gasteiger partial charge on any atom is -0.340 e. The molecular formula is C15H29N3O. The molecule has 4 heteroatoms. The van der Waals surface area contributed by atoms with Crippen molar-refractivity contribution in [3.05, 3.63) is 0 Å². The van der Waals surface area contributed by atoms with Gasteiger partial charge >= 0.3 is 0 Å². The maximum Gasteiger partial charge on any atom is 0.222 e. The van der Waals surface area contributed by atoms with Gasteiger partial charge in [-0.2, -0.15) is 0 Å². The van der Waals surface area contributed by atoms with Gasteiger partial charge in [0.25, 0.3) is 0 Å². The average Bonchev–Trinajstić information content (AvgIpc) is 2.38. The van der Waals surface area contributed by atoms with E-state index in [9.17, 15) is 4.79 Å². The van der Waals surface area contributed by atoms with E-state index >= 15 is 0 Å². The number of carbonyl (C=O) groups is 1. The van der Waals surface area contributed by atoms with E-state index in [1.165, 1.54) is 12.8 Å². The van der Waals surface area contributed by atoms with E-state index in [0.717, 1.165) is 39.0 Å². The second-order valence-corrected chi connectivity index (χ2v) is 6.31. The first-order valence-corrected chi connectivity index (χ1v) is 7.87. The van der Waals surface area contributed by atoms with E-state index in [1.807, 2.05) is 0 Å². The molecule has 0 aromatic carbocycles. The Balaban J connectivity index is 1.80. The standard InChI is InChI=1S/C15H29N3O/c1-3-17-7-8-18(11-12(17)2)15(19)10-13-5-4-6-14(16)9-13/h12-14H,3-11,16H2,1-2H3. The van der Waals surface area contributed by atoms with Crippen molar-refractivity contribution in [3.8, 4) is 0 Å². The second-order valence-electron chi connectivity index (χ2n) is 6.31. The average molecular weight is 267 g/mol. The molecule has 1 aliphatic carbocycles. The van der Waals surface area contributed by atoms with Crippen LogP contribution in [-0.4, -0.2) is 54.0 Å². The molecule has 3 atom stereocenters. The lowest BCUT2D eigenvalue weighted by atomic mass is 9.84. The number of nitrogens with two attached hydrogens (primary N) is 1. The van der Waals surface area contributed by atoms with Crippen LogP contribution in [0.2, 0.25) is 0 Å². The summed E-state index contributed by atoms with van der Waals surface area (Å²) in [4.78, 5) is 16.9. The lowest BCUT2D eigenvalue weighted by Gasteiger charge is -2.40. The van der Waals surface area contributed by atoms with Gasteiger partial charge in [0.1, 0.15) is 0 Å². The molecule has 19 heavy (non-hydrogen) atoms. The minimum atomic E-state index is 0.322. The first-order valence-electron chi connectivity index (χ1n) is 7.87. The second kappa shape index (κ2) is 6.71. The predicted molar refractivity (Wildman–Crippen MR) is 77.8 cm³/mol. The molecule has 1 saturated carbocycles. The van der Waals surface area contributed by atoms with E-state index in [1.54, 1.807) is 0 Å². The Kier molecular flexibility index (Phi) is 5.22. The molecule has 1 saturated heterocycles. The topological polar surface area (TPSA) is 49.6 Å². The molecule has 1 amide bonds. The van der Waals surface area contributed by atoms with Crippen LogP contribution in [0, 0.1) is 5.92 Å². The maximum atomic E-state index is 12.4. The lowest BCUT2D eigenvalue weighted by Crippen LogP contribution is -2.53. The van der Waals surface area contributed by atoms with Crippen LogP contribution in [0.15, 0.2) is 0 Å². The smallest absolute Gasteiger partial charge is 0.222 e. The highest BCUT2D eigenvalue weighted by Crippen LogP contribution is 2.26. The molecule has 0 aromatic rings. The fourth-order valence-corrected chi connectivity index (χ4v) is 3.59. The van der Waals surface area contributed by atoms with Gasteiger partial charge in [-0.25, -0.2) is 0 Å². The number of carbonyl (C=O) groups excluding carboxylic acids is 1. The first-order chi connectivity index (χ1) is 9.10. The molecule has 2 rings (SSSR count). The summed E-state index contributed by atoms with van der Waals surface area (Å²) in [6.07, 6.45) is 5.27. The van der Waals surface area contributed by atoms with Crippen LogP contribution < -0.4 is 5.73 Å². The summed E-state index contributed by atoms with van der Waals surface area (Å²) >= 11 is 0. The van der Waals surface area contributed by atoms with Crippen LogP contribution >= 0.6 is 0 Å². The third kappa shape index (κ3) is 3.93. The normalized spacial score (nSPS) is 33.4. The molecule has 0 spiro atoms. The van der Waals surface area contributed by atoms with Crippen molar-refractivity contribution in [1.82, 2.24) is 9.80 Å². The maximum absolute atomic E-state index is 12.4. The van der Waals surface area contributed by atoms with Gasteiger partial charge in [-0.05, 0) is 38.6 Å². The highest BCUT2D eigenvalue weighted by Gasteiger charge is 2.28. The molecule has 1 heterocycles. The van der Waals surface area contributed by atoms with Crippen molar-refractivity contribution in [2.24, 2.45) is 11.7 Å². The zero-order valence-corrected chi connectivity index (χ0v) is 12.5. The van der Waals surface area contributed by atoms with Crippen molar-refractivity contribution >= 4 is 5.91 Å². The third-order valence-electron chi connectivity index (χ3n) is 4.81. The Morgan fingerprint density at radius 3 is 2.74 bits per heavy atom. The van der Waals surface area contributed by atoms with Crippen LogP contribution in [0.25, 0.3) is 0 Å². The molecule has 3 unspecified atom stereocenters. The molecule has 0 bridgehead atoms. The molecule has 4 nitrogen and oxygen atoms in total. The Hall–Kier alpha value is -0.610. The summed E-state index contributed by atoms with van der Waals surface area (Å²) < 4.78 is 0. The van der Waals surface area contributed by atoms with Crippen LogP contribution in [0.1, 0.15) is 46.0 Å². The Morgan fingerprint density at radius 1 is 1.32 bits per heavy atom. The van der Waals surface area contributed by atoms with Gasteiger partial charge in [0.2, 0.25) is 5.91 Å². The van der Waals surface area contributed by atoms with Crippen LogP contribution in [0.5, 0.6) is 0 Å². The lowest BCUT2D eigenvalue weighted by molar-refractivity contribution is -0.135. The van der Waals surface area contributed by atoms with Crippen molar-refractivity contribution in [1.29, 1.82) is 0 Å². The van der Waals surface area contributed by atoms with E-state index in [4.69, 9.17) is 5.73 Å². The van der Waals surface area contributed by atoms with Gasteiger partial charge in [-0.3, -0.25) is 9.69 Å². The van der Waals surface area contributed by atoms with Crippen LogP contribution in [0.3, 0.4) is 0 Å². The monoisotopic (exact) mass is 267 g/mol.